The topological polar surface area (TPSA) is 122 Å². The summed E-state index contributed by atoms with van der Waals surface area (Å²) in [6.45, 7) is 7.02. The molecule has 4 aliphatic rings. The predicted molar refractivity (Wildman–Crippen MR) is 131 cm³/mol. The highest BCUT2D eigenvalue weighted by molar-refractivity contribution is 5.95. The van der Waals surface area contributed by atoms with Crippen LogP contribution in [0.5, 0.6) is 0 Å². The quantitative estimate of drug-likeness (QED) is 0.440. The van der Waals surface area contributed by atoms with Crippen LogP contribution in [0, 0.1) is 28.6 Å². The normalized spacial score (nSPS) is 36.4. The van der Waals surface area contributed by atoms with Crippen molar-refractivity contribution < 1.29 is 42.9 Å². The molecule has 0 aromatic rings. The van der Waals surface area contributed by atoms with Crippen molar-refractivity contribution in [3.8, 4) is 0 Å². The number of fused-ring (bicyclic) bond motifs is 5. The van der Waals surface area contributed by atoms with E-state index in [0.717, 1.165) is 18.4 Å². The van der Waals surface area contributed by atoms with Gasteiger partial charge in [-0.2, -0.15) is 0 Å². The molecule has 0 radical (unpaired) electrons. The van der Waals surface area contributed by atoms with E-state index in [1.807, 2.05) is 13.8 Å². The van der Waals surface area contributed by atoms with Crippen LogP contribution in [0.15, 0.2) is 11.6 Å². The lowest BCUT2D eigenvalue weighted by molar-refractivity contribution is -0.175. The Bertz CT molecular complexity index is 1020. The second kappa shape index (κ2) is 10.2. The number of ether oxygens (including phenoxy) is 4. The van der Waals surface area contributed by atoms with Gasteiger partial charge >= 0.3 is 12.3 Å². The first-order valence-corrected chi connectivity index (χ1v) is 13.5. The van der Waals surface area contributed by atoms with Gasteiger partial charge in [-0.05, 0) is 68.8 Å². The molecule has 4 aliphatic carbocycles. The zero-order valence-corrected chi connectivity index (χ0v) is 22.3. The van der Waals surface area contributed by atoms with Gasteiger partial charge < -0.3 is 18.9 Å². The van der Waals surface area contributed by atoms with Gasteiger partial charge in [-0.15, -0.1) is 0 Å². The number of allylic oxidation sites excluding steroid dienone is 1. The van der Waals surface area contributed by atoms with Crippen LogP contribution in [0.4, 0.5) is 9.59 Å². The lowest BCUT2D eigenvalue weighted by Gasteiger charge is -2.57. The van der Waals surface area contributed by atoms with Gasteiger partial charge in [0.1, 0.15) is 5.78 Å². The van der Waals surface area contributed by atoms with E-state index in [0.29, 0.717) is 25.7 Å². The van der Waals surface area contributed by atoms with Crippen LogP contribution in [0.2, 0.25) is 0 Å². The molecule has 0 heterocycles. The van der Waals surface area contributed by atoms with Gasteiger partial charge in [-0.25, -0.2) is 9.59 Å². The van der Waals surface area contributed by atoms with Crippen molar-refractivity contribution >= 4 is 29.7 Å². The number of ketones is 3. The summed E-state index contributed by atoms with van der Waals surface area (Å²) in [7, 11) is 0. The molecule has 0 N–H and O–H groups in total. The van der Waals surface area contributed by atoms with Crippen molar-refractivity contribution in [1.29, 1.82) is 0 Å². The maximum atomic E-state index is 13.9. The fourth-order valence-corrected chi connectivity index (χ4v) is 7.81. The maximum Gasteiger partial charge on any atom is 0.509 e. The first kappa shape index (κ1) is 27.3. The molecule has 37 heavy (non-hydrogen) atoms. The first-order chi connectivity index (χ1) is 17.5. The summed E-state index contributed by atoms with van der Waals surface area (Å²) in [5.41, 5.74) is -1.95. The molecule has 0 saturated heterocycles. The van der Waals surface area contributed by atoms with Crippen molar-refractivity contribution in [2.45, 2.75) is 84.7 Å². The molecule has 0 aromatic carbocycles. The summed E-state index contributed by atoms with van der Waals surface area (Å²) in [6.07, 6.45) is 3.78. The minimum absolute atomic E-state index is 0.00230. The highest BCUT2D eigenvalue weighted by Crippen LogP contribution is 2.67. The molecular formula is C28H38O9. The van der Waals surface area contributed by atoms with Crippen molar-refractivity contribution in [3.63, 3.8) is 0 Å². The fourth-order valence-electron chi connectivity index (χ4n) is 7.81. The average molecular weight is 519 g/mol. The van der Waals surface area contributed by atoms with Crippen molar-refractivity contribution in [2.24, 2.45) is 28.6 Å². The Morgan fingerprint density at radius 1 is 0.973 bits per heavy atom. The van der Waals surface area contributed by atoms with Gasteiger partial charge in [0, 0.05) is 24.2 Å². The summed E-state index contributed by atoms with van der Waals surface area (Å²) in [5.74, 6) is -0.732. The molecule has 204 valence electrons. The Balaban J connectivity index is 1.67. The number of hydrogen-bond acceptors (Lipinski definition) is 9. The smallest absolute Gasteiger partial charge is 0.435 e. The summed E-state index contributed by atoms with van der Waals surface area (Å²) in [6, 6.07) is 0. The predicted octanol–water partition coefficient (Wildman–Crippen LogP) is 4.74. The first-order valence-electron chi connectivity index (χ1n) is 13.5. The molecule has 0 amide bonds. The molecule has 9 heteroatoms. The number of Topliss-reactive ketones (excluding diaryl/α,β-unsaturated/α-hetero) is 2. The van der Waals surface area contributed by atoms with E-state index < -0.39 is 35.7 Å². The van der Waals surface area contributed by atoms with E-state index in [9.17, 15) is 24.0 Å². The van der Waals surface area contributed by atoms with Crippen LogP contribution in [0.3, 0.4) is 0 Å². The molecule has 0 spiro atoms. The molecular weight excluding hydrogens is 480 g/mol. The molecule has 3 fully saturated rings. The monoisotopic (exact) mass is 518 g/mol. The summed E-state index contributed by atoms with van der Waals surface area (Å²) >= 11 is 0. The minimum Gasteiger partial charge on any atom is -0.435 e. The van der Waals surface area contributed by atoms with Crippen LogP contribution in [-0.4, -0.2) is 55.1 Å². The maximum absolute atomic E-state index is 13.9. The molecule has 0 unspecified atom stereocenters. The summed E-state index contributed by atoms with van der Waals surface area (Å²) in [5, 5.41) is 0. The fraction of sp³-hybridized carbons (Fsp3) is 0.750. The highest BCUT2D eigenvalue weighted by Gasteiger charge is 2.71. The van der Waals surface area contributed by atoms with E-state index in [-0.39, 0.29) is 60.8 Å². The zero-order chi connectivity index (χ0) is 27.0. The van der Waals surface area contributed by atoms with Gasteiger partial charge in [0.15, 0.2) is 18.0 Å². The zero-order valence-electron chi connectivity index (χ0n) is 22.3. The Morgan fingerprint density at radius 2 is 1.73 bits per heavy atom. The standard InChI is InChI=1S/C28H38O9/c1-5-13-35-25(33)37-28(22(31)16-36-24(32)34-6-2)12-10-20-19-8-7-17-14-18(29)9-11-26(17,3)23(19)21(30)15-27(20,28)4/h14,19-20,23H,5-13,15-16H2,1-4H3/t19-,20-,23+,26-,27-,28-/m0/s1. The molecule has 3 saturated carbocycles. The van der Waals surface area contributed by atoms with Gasteiger partial charge in [-0.1, -0.05) is 26.3 Å². The average Bonchev–Trinajstić information content (AvgIpc) is 3.13. The van der Waals surface area contributed by atoms with E-state index in [1.165, 1.54) is 0 Å². The molecule has 9 nitrogen and oxygen atoms in total. The van der Waals surface area contributed by atoms with Crippen molar-refractivity contribution in [2.75, 3.05) is 19.8 Å². The third-order valence-electron chi connectivity index (χ3n) is 9.49. The molecule has 6 atom stereocenters. The van der Waals surface area contributed by atoms with E-state index >= 15 is 0 Å². The third-order valence-corrected chi connectivity index (χ3v) is 9.49. The molecule has 0 aliphatic heterocycles. The number of carbonyl (C=O) groups excluding carboxylic acids is 5. The van der Waals surface area contributed by atoms with Crippen LogP contribution < -0.4 is 0 Å². The van der Waals surface area contributed by atoms with Crippen molar-refractivity contribution in [1.82, 2.24) is 0 Å². The number of carbonyl (C=O) groups is 5. The van der Waals surface area contributed by atoms with Crippen molar-refractivity contribution in [3.05, 3.63) is 11.6 Å². The Hall–Kier alpha value is -2.71. The van der Waals surface area contributed by atoms with Crippen LogP contribution in [-0.2, 0) is 33.3 Å². The van der Waals surface area contributed by atoms with Crippen LogP contribution >= 0.6 is 0 Å². The third kappa shape index (κ3) is 4.48. The Labute approximate surface area is 217 Å². The lowest BCUT2D eigenvalue weighted by Crippen LogP contribution is -2.62. The number of rotatable bonds is 7. The largest absolute Gasteiger partial charge is 0.509 e. The molecule has 4 rings (SSSR count). The SMILES string of the molecule is CCCOC(=O)O[C@]1(C(=O)COC(=O)OCC)CC[C@H]2[C@@H]3CCC4=CC(=O)CC[C@]4(C)[C@H]3C(=O)C[C@@]21C. The summed E-state index contributed by atoms with van der Waals surface area (Å²) < 4.78 is 20.8. The summed E-state index contributed by atoms with van der Waals surface area (Å²) in [4.78, 5) is 64.3. The van der Waals surface area contributed by atoms with Gasteiger partial charge in [0.05, 0.1) is 13.2 Å². The minimum atomic E-state index is -1.66. The van der Waals surface area contributed by atoms with E-state index in [4.69, 9.17) is 18.9 Å². The van der Waals surface area contributed by atoms with Gasteiger partial charge in [-0.3, -0.25) is 14.4 Å². The molecule has 0 bridgehead atoms. The lowest BCUT2D eigenvalue weighted by atomic mass is 9.46. The number of hydrogen-bond donors (Lipinski definition) is 0. The van der Waals surface area contributed by atoms with Crippen LogP contribution in [0.25, 0.3) is 0 Å². The van der Waals surface area contributed by atoms with Crippen LogP contribution in [0.1, 0.15) is 79.1 Å². The van der Waals surface area contributed by atoms with Gasteiger partial charge in [0.2, 0.25) is 5.78 Å². The Morgan fingerprint density at radius 3 is 2.43 bits per heavy atom. The molecule has 0 aromatic heterocycles. The second-order valence-electron chi connectivity index (χ2n) is 11.4. The second-order valence-corrected chi connectivity index (χ2v) is 11.4. The van der Waals surface area contributed by atoms with E-state index in [1.54, 1.807) is 13.0 Å². The Kier molecular flexibility index (Phi) is 7.55. The van der Waals surface area contributed by atoms with Gasteiger partial charge in [0.25, 0.3) is 0 Å². The van der Waals surface area contributed by atoms with E-state index in [2.05, 4.69) is 6.92 Å². The highest BCUT2D eigenvalue weighted by atomic mass is 16.7.